The van der Waals surface area contributed by atoms with Crippen LogP contribution in [0, 0.1) is 0 Å². The molecule has 0 aliphatic carbocycles. The minimum atomic E-state index is -1.72. The lowest BCUT2D eigenvalue weighted by molar-refractivity contribution is 0.563. The summed E-state index contributed by atoms with van der Waals surface area (Å²) in [6.45, 7) is 0. The van der Waals surface area contributed by atoms with Gasteiger partial charge in [0, 0.05) is 0 Å². The minimum absolute atomic E-state index is 0. The molecule has 0 radical (unpaired) electrons. The highest BCUT2D eigenvalue weighted by molar-refractivity contribution is 7.78. The molecule has 0 aromatic heterocycles. The number of hydrogen-bond acceptors (Lipinski definition) is 2. The number of hydrogen-bond donors (Lipinski definition) is 2. The molecule has 0 heterocycles. The first kappa shape index (κ1) is 10.3. The average molecular weight is 173 g/mol. The molecule has 0 aliphatic heterocycles. The molecule has 1 unspecified atom stereocenters. The van der Waals surface area contributed by atoms with Crippen LogP contribution in [0.15, 0.2) is 30.3 Å². The average Bonchev–Trinajstić information content (AvgIpc) is 1.88. The van der Waals surface area contributed by atoms with Gasteiger partial charge < -0.3 is 10.7 Å². The molecule has 1 aromatic carbocycles. The molecule has 0 aliphatic rings. The zero-order valence-electron chi connectivity index (χ0n) is 6.06. The zero-order valence-corrected chi connectivity index (χ0v) is 6.88. The van der Waals surface area contributed by atoms with Gasteiger partial charge in [-0.15, -0.1) is 0 Å². The van der Waals surface area contributed by atoms with Crippen molar-refractivity contribution in [3.05, 3.63) is 35.9 Å². The maximum Gasteiger partial charge on any atom is 0.157 e. The van der Waals surface area contributed by atoms with Crippen LogP contribution in [0.3, 0.4) is 0 Å². The van der Waals surface area contributed by atoms with Crippen molar-refractivity contribution in [2.45, 2.75) is 5.75 Å². The van der Waals surface area contributed by atoms with Crippen molar-refractivity contribution in [2.75, 3.05) is 0 Å². The van der Waals surface area contributed by atoms with Crippen molar-refractivity contribution in [1.82, 2.24) is 6.15 Å². The molecule has 1 rings (SSSR count). The van der Waals surface area contributed by atoms with E-state index >= 15 is 0 Å². The van der Waals surface area contributed by atoms with Crippen LogP contribution in [0.25, 0.3) is 0 Å². The molecule has 1 aromatic rings. The van der Waals surface area contributed by atoms with E-state index in [1.807, 2.05) is 30.3 Å². The lowest BCUT2D eigenvalue weighted by atomic mass is 10.2. The summed E-state index contributed by atoms with van der Waals surface area (Å²) in [5.41, 5.74) is 0.892. The smallest absolute Gasteiger partial charge is 0.157 e. The first-order valence-electron chi connectivity index (χ1n) is 2.90. The SMILES string of the molecule is N.O=S(O)Cc1ccccc1. The second-order valence-corrected chi connectivity index (χ2v) is 2.88. The van der Waals surface area contributed by atoms with Crippen LogP contribution in [-0.4, -0.2) is 8.76 Å². The molecule has 11 heavy (non-hydrogen) atoms. The second-order valence-electron chi connectivity index (χ2n) is 1.95. The van der Waals surface area contributed by atoms with Gasteiger partial charge in [-0.25, -0.2) is 4.21 Å². The van der Waals surface area contributed by atoms with Gasteiger partial charge in [-0.1, -0.05) is 30.3 Å². The van der Waals surface area contributed by atoms with Crippen LogP contribution in [-0.2, 0) is 16.8 Å². The van der Waals surface area contributed by atoms with E-state index < -0.39 is 11.1 Å². The Hall–Kier alpha value is -0.710. The summed E-state index contributed by atoms with van der Waals surface area (Å²) in [6.07, 6.45) is 0. The Balaban J connectivity index is 0.000001000. The Morgan fingerprint density at radius 1 is 1.27 bits per heavy atom. The first-order chi connectivity index (χ1) is 4.79. The third-order valence-corrected chi connectivity index (χ3v) is 1.71. The van der Waals surface area contributed by atoms with Gasteiger partial charge in [-0.3, -0.25) is 0 Å². The molecule has 0 saturated carbocycles. The summed E-state index contributed by atoms with van der Waals surface area (Å²) in [6, 6.07) is 9.23. The largest absolute Gasteiger partial charge is 0.344 e. The summed E-state index contributed by atoms with van der Waals surface area (Å²) in [5.74, 6) is 0.223. The van der Waals surface area contributed by atoms with Gasteiger partial charge in [-0.05, 0) is 5.56 Å². The van der Waals surface area contributed by atoms with Crippen molar-refractivity contribution < 1.29 is 8.76 Å². The molecule has 4 heteroatoms. The molecule has 0 spiro atoms. The molecular formula is C7H11NO2S. The summed E-state index contributed by atoms with van der Waals surface area (Å²) in [4.78, 5) is 0. The third kappa shape index (κ3) is 3.87. The van der Waals surface area contributed by atoms with Crippen LogP contribution in [0.5, 0.6) is 0 Å². The fourth-order valence-electron chi connectivity index (χ4n) is 0.717. The van der Waals surface area contributed by atoms with E-state index in [9.17, 15) is 4.21 Å². The molecule has 1 atom stereocenters. The number of rotatable bonds is 2. The van der Waals surface area contributed by atoms with Crippen molar-refractivity contribution >= 4 is 11.1 Å². The van der Waals surface area contributed by atoms with E-state index in [-0.39, 0.29) is 11.9 Å². The van der Waals surface area contributed by atoms with Gasteiger partial charge in [0.15, 0.2) is 11.1 Å². The molecule has 0 amide bonds. The Morgan fingerprint density at radius 3 is 2.27 bits per heavy atom. The zero-order chi connectivity index (χ0) is 7.40. The van der Waals surface area contributed by atoms with Crippen LogP contribution >= 0.6 is 0 Å². The summed E-state index contributed by atoms with van der Waals surface area (Å²) in [7, 11) is 0. The Labute approximate surface area is 68.3 Å². The predicted molar refractivity (Wildman–Crippen MR) is 45.9 cm³/mol. The lowest BCUT2D eigenvalue weighted by Crippen LogP contribution is -1.91. The molecular weight excluding hydrogens is 162 g/mol. The summed E-state index contributed by atoms with van der Waals surface area (Å²) in [5, 5.41) is 0. The molecule has 0 fully saturated rings. The highest BCUT2D eigenvalue weighted by Crippen LogP contribution is 2.00. The maximum atomic E-state index is 10.3. The minimum Gasteiger partial charge on any atom is -0.344 e. The fourth-order valence-corrected chi connectivity index (χ4v) is 1.19. The predicted octanol–water partition coefficient (Wildman–Crippen LogP) is 1.57. The van der Waals surface area contributed by atoms with Gasteiger partial charge in [-0.2, -0.15) is 0 Å². The van der Waals surface area contributed by atoms with Crippen molar-refractivity contribution in [2.24, 2.45) is 0 Å². The normalized spacial score (nSPS) is 11.7. The van der Waals surface area contributed by atoms with E-state index in [4.69, 9.17) is 4.55 Å². The Morgan fingerprint density at radius 2 is 1.82 bits per heavy atom. The quantitative estimate of drug-likeness (QED) is 0.667. The highest BCUT2D eigenvalue weighted by atomic mass is 32.2. The summed E-state index contributed by atoms with van der Waals surface area (Å²) >= 11 is -1.72. The van der Waals surface area contributed by atoms with E-state index in [0.29, 0.717) is 0 Å². The van der Waals surface area contributed by atoms with Crippen LogP contribution in [0.4, 0.5) is 0 Å². The van der Waals surface area contributed by atoms with Gasteiger partial charge in [0.25, 0.3) is 0 Å². The van der Waals surface area contributed by atoms with Crippen molar-refractivity contribution in [3.8, 4) is 0 Å². The van der Waals surface area contributed by atoms with E-state index in [2.05, 4.69) is 0 Å². The van der Waals surface area contributed by atoms with Gasteiger partial charge in [0.1, 0.15) is 0 Å². The third-order valence-electron chi connectivity index (χ3n) is 1.13. The molecule has 0 saturated heterocycles. The first-order valence-corrected chi connectivity index (χ1v) is 4.18. The maximum absolute atomic E-state index is 10.3. The monoisotopic (exact) mass is 173 g/mol. The Kier molecular flexibility index (Phi) is 4.69. The van der Waals surface area contributed by atoms with Gasteiger partial charge >= 0.3 is 0 Å². The van der Waals surface area contributed by atoms with Crippen LogP contribution in [0.2, 0.25) is 0 Å². The van der Waals surface area contributed by atoms with E-state index in [1.54, 1.807) is 0 Å². The standard InChI is InChI=1S/C7H8O2S.H3N/c8-10(9)6-7-4-2-1-3-5-7;/h1-5H,6H2,(H,8,9);1H3. The lowest BCUT2D eigenvalue weighted by Gasteiger charge is -1.93. The van der Waals surface area contributed by atoms with Crippen molar-refractivity contribution in [3.63, 3.8) is 0 Å². The van der Waals surface area contributed by atoms with Crippen LogP contribution < -0.4 is 6.15 Å². The number of benzene rings is 1. The van der Waals surface area contributed by atoms with Crippen LogP contribution in [0.1, 0.15) is 5.56 Å². The molecule has 3 nitrogen and oxygen atoms in total. The molecule has 4 N–H and O–H groups in total. The highest BCUT2D eigenvalue weighted by Gasteiger charge is 1.93. The topological polar surface area (TPSA) is 72.3 Å². The molecule has 0 bridgehead atoms. The van der Waals surface area contributed by atoms with Gasteiger partial charge in [0.2, 0.25) is 0 Å². The Bertz CT molecular complexity index is 225. The summed E-state index contributed by atoms with van der Waals surface area (Å²) < 4.78 is 18.8. The van der Waals surface area contributed by atoms with E-state index in [0.717, 1.165) is 5.56 Å². The second kappa shape index (κ2) is 5.01. The fraction of sp³-hybridized carbons (Fsp3) is 0.143. The van der Waals surface area contributed by atoms with Crippen molar-refractivity contribution in [1.29, 1.82) is 0 Å². The molecule has 62 valence electrons. The van der Waals surface area contributed by atoms with Gasteiger partial charge in [0.05, 0.1) is 5.75 Å². The van der Waals surface area contributed by atoms with E-state index in [1.165, 1.54) is 0 Å².